The smallest absolute Gasteiger partial charge is 0.276 e. The van der Waals surface area contributed by atoms with Crippen LogP contribution < -0.4 is 15.6 Å². The molecule has 1 aliphatic heterocycles. The monoisotopic (exact) mass is 406 g/mol. The summed E-state index contributed by atoms with van der Waals surface area (Å²) in [5.74, 6) is 0.724. The minimum atomic E-state index is -0.585. The van der Waals surface area contributed by atoms with Crippen molar-refractivity contribution in [1.82, 2.24) is 10.9 Å². The van der Waals surface area contributed by atoms with Crippen LogP contribution in [0.25, 0.3) is 0 Å². The molecule has 142 valence electrons. The third kappa shape index (κ3) is 5.64. The van der Waals surface area contributed by atoms with Gasteiger partial charge in [0, 0.05) is 5.56 Å². The molecule has 1 saturated heterocycles. The van der Waals surface area contributed by atoms with Gasteiger partial charge in [-0.25, -0.2) is 4.39 Å². The lowest BCUT2D eigenvalue weighted by Gasteiger charge is -2.21. The number of hydrogen-bond acceptors (Lipinski definition) is 5. The summed E-state index contributed by atoms with van der Waals surface area (Å²) in [6.07, 6.45) is 1.23. The molecule has 0 saturated carbocycles. The molecule has 27 heavy (non-hydrogen) atoms. The van der Waals surface area contributed by atoms with Crippen molar-refractivity contribution in [3.05, 3.63) is 65.5 Å². The van der Waals surface area contributed by atoms with E-state index in [0.29, 0.717) is 10.1 Å². The third-order valence-electron chi connectivity index (χ3n) is 3.78. The van der Waals surface area contributed by atoms with Gasteiger partial charge in [0.05, 0.1) is 4.58 Å². The van der Waals surface area contributed by atoms with Gasteiger partial charge in [0.1, 0.15) is 0 Å². The van der Waals surface area contributed by atoms with E-state index in [2.05, 4.69) is 10.9 Å². The SMILES string of the molecule is O=C(COc1ccccc1F)NNC(=O)c1ccc(C2SCCCS2)cc1. The number of hydrogen-bond donors (Lipinski definition) is 2. The molecule has 1 heterocycles. The zero-order valence-electron chi connectivity index (χ0n) is 14.4. The Hall–Kier alpha value is -2.19. The number of para-hydroxylation sites is 1. The van der Waals surface area contributed by atoms with Gasteiger partial charge in [0.2, 0.25) is 0 Å². The number of halogens is 1. The molecule has 2 amide bonds. The summed E-state index contributed by atoms with van der Waals surface area (Å²) in [6.45, 7) is -0.406. The minimum Gasteiger partial charge on any atom is -0.481 e. The van der Waals surface area contributed by atoms with Gasteiger partial charge >= 0.3 is 0 Å². The van der Waals surface area contributed by atoms with Crippen LogP contribution in [0.3, 0.4) is 0 Å². The molecule has 0 spiro atoms. The summed E-state index contributed by atoms with van der Waals surface area (Å²) in [4.78, 5) is 23.9. The zero-order chi connectivity index (χ0) is 19.1. The number of ether oxygens (including phenoxy) is 1. The predicted octanol–water partition coefficient (Wildman–Crippen LogP) is 3.53. The van der Waals surface area contributed by atoms with E-state index < -0.39 is 24.2 Å². The topological polar surface area (TPSA) is 67.4 Å². The molecule has 0 radical (unpaired) electrons. The summed E-state index contributed by atoms with van der Waals surface area (Å²) in [6, 6.07) is 13.1. The Morgan fingerprint density at radius 3 is 2.44 bits per heavy atom. The predicted molar refractivity (Wildman–Crippen MR) is 106 cm³/mol. The maximum atomic E-state index is 13.4. The Morgan fingerprint density at radius 2 is 1.74 bits per heavy atom. The second-order valence-corrected chi connectivity index (χ2v) is 8.49. The molecule has 1 fully saturated rings. The summed E-state index contributed by atoms with van der Waals surface area (Å²) in [7, 11) is 0. The molecule has 0 aliphatic carbocycles. The fourth-order valence-corrected chi connectivity index (χ4v) is 5.31. The number of amides is 2. The fourth-order valence-electron chi connectivity index (χ4n) is 2.41. The molecule has 2 aromatic carbocycles. The molecule has 8 heteroatoms. The molecule has 2 N–H and O–H groups in total. The first-order chi connectivity index (χ1) is 13.1. The van der Waals surface area contributed by atoms with Crippen LogP contribution in [0.4, 0.5) is 4.39 Å². The quantitative estimate of drug-likeness (QED) is 0.744. The Balaban J connectivity index is 1.45. The van der Waals surface area contributed by atoms with Crippen molar-refractivity contribution in [2.45, 2.75) is 11.0 Å². The number of rotatable bonds is 5. The van der Waals surface area contributed by atoms with Gasteiger partial charge in [-0.2, -0.15) is 0 Å². The van der Waals surface area contributed by atoms with E-state index in [-0.39, 0.29) is 5.75 Å². The first-order valence-electron chi connectivity index (χ1n) is 8.43. The Kier molecular flexibility index (Phi) is 7.00. The van der Waals surface area contributed by atoms with Gasteiger partial charge in [-0.15, -0.1) is 23.5 Å². The molecule has 2 aromatic rings. The van der Waals surface area contributed by atoms with Crippen molar-refractivity contribution in [3.63, 3.8) is 0 Å². The molecule has 0 unspecified atom stereocenters. The molecule has 5 nitrogen and oxygen atoms in total. The first-order valence-corrected chi connectivity index (χ1v) is 10.5. The lowest BCUT2D eigenvalue weighted by Crippen LogP contribution is -2.43. The van der Waals surface area contributed by atoms with Gasteiger partial charge < -0.3 is 4.74 Å². The van der Waals surface area contributed by atoms with Crippen LogP contribution in [0.2, 0.25) is 0 Å². The lowest BCUT2D eigenvalue weighted by atomic mass is 10.1. The van der Waals surface area contributed by atoms with E-state index in [1.54, 1.807) is 18.2 Å². The molecule has 0 aromatic heterocycles. The number of hydrazine groups is 1. The van der Waals surface area contributed by atoms with E-state index in [1.807, 2.05) is 35.7 Å². The van der Waals surface area contributed by atoms with E-state index in [0.717, 1.165) is 11.5 Å². The number of nitrogens with one attached hydrogen (secondary N) is 2. The fraction of sp³-hybridized carbons (Fsp3) is 0.263. The van der Waals surface area contributed by atoms with E-state index >= 15 is 0 Å². The van der Waals surface area contributed by atoms with E-state index in [1.165, 1.54) is 30.2 Å². The van der Waals surface area contributed by atoms with Crippen LogP contribution in [0.5, 0.6) is 5.75 Å². The van der Waals surface area contributed by atoms with Crippen molar-refractivity contribution < 1.29 is 18.7 Å². The second kappa shape index (κ2) is 9.66. The van der Waals surface area contributed by atoms with Gasteiger partial charge in [0.15, 0.2) is 18.2 Å². The van der Waals surface area contributed by atoms with Gasteiger partial charge in [-0.1, -0.05) is 24.3 Å². The Bertz CT molecular complexity index is 796. The van der Waals surface area contributed by atoms with Gasteiger partial charge in [0.25, 0.3) is 11.8 Å². The highest BCUT2D eigenvalue weighted by molar-refractivity contribution is 8.16. The maximum absolute atomic E-state index is 13.4. The van der Waals surface area contributed by atoms with Crippen LogP contribution in [-0.4, -0.2) is 29.9 Å². The maximum Gasteiger partial charge on any atom is 0.276 e. The highest BCUT2D eigenvalue weighted by Crippen LogP contribution is 2.43. The Morgan fingerprint density at radius 1 is 1.04 bits per heavy atom. The lowest BCUT2D eigenvalue weighted by molar-refractivity contribution is -0.123. The van der Waals surface area contributed by atoms with Crippen molar-refractivity contribution in [2.75, 3.05) is 18.1 Å². The molecule has 0 atom stereocenters. The molecule has 0 bridgehead atoms. The Labute approximate surface area is 165 Å². The second-order valence-electron chi connectivity index (χ2n) is 5.77. The largest absolute Gasteiger partial charge is 0.481 e. The van der Waals surface area contributed by atoms with E-state index in [9.17, 15) is 14.0 Å². The highest BCUT2D eigenvalue weighted by Gasteiger charge is 2.17. The van der Waals surface area contributed by atoms with Crippen molar-refractivity contribution in [1.29, 1.82) is 0 Å². The average Bonchev–Trinajstić information content (AvgIpc) is 2.72. The minimum absolute atomic E-state index is 0.0204. The number of carbonyl (C=O) groups is 2. The summed E-state index contributed by atoms with van der Waals surface area (Å²) in [5, 5.41) is 0. The van der Waals surface area contributed by atoms with Crippen molar-refractivity contribution in [2.24, 2.45) is 0 Å². The normalized spacial score (nSPS) is 14.4. The van der Waals surface area contributed by atoms with Crippen LogP contribution in [0, 0.1) is 5.82 Å². The zero-order valence-corrected chi connectivity index (χ0v) is 16.1. The molecule has 1 aliphatic rings. The first kappa shape index (κ1) is 19.6. The molecular formula is C19H19FN2O3S2. The summed E-state index contributed by atoms with van der Waals surface area (Å²) >= 11 is 3.83. The summed E-state index contributed by atoms with van der Waals surface area (Å²) in [5.41, 5.74) is 6.21. The van der Waals surface area contributed by atoms with Gasteiger partial charge in [-0.3, -0.25) is 20.4 Å². The van der Waals surface area contributed by atoms with Crippen LogP contribution >= 0.6 is 23.5 Å². The van der Waals surface area contributed by atoms with Crippen molar-refractivity contribution >= 4 is 35.3 Å². The van der Waals surface area contributed by atoms with Crippen molar-refractivity contribution in [3.8, 4) is 5.75 Å². The molecule has 3 rings (SSSR count). The van der Waals surface area contributed by atoms with E-state index in [4.69, 9.17) is 4.74 Å². The summed E-state index contributed by atoms with van der Waals surface area (Å²) < 4.78 is 18.9. The number of carbonyl (C=O) groups excluding carboxylic acids is 2. The number of benzene rings is 2. The number of thioether (sulfide) groups is 2. The standard InChI is InChI=1S/C19H19FN2O3S2/c20-15-4-1-2-5-16(15)25-12-17(23)21-22-18(24)13-6-8-14(9-7-13)19-26-10-3-11-27-19/h1-2,4-9,19H,3,10-12H2,(H,21,23)(H,22,24). The highest BCUT2D eigenvalue weighted by atomic mass is 32.2. The van der Waals surface area contributed by atoms with Crippen LogP contribution in [-0.2, 0) is 4.79 Å². The van der Waals surface area contributed by atoms with Crippen LogP contribution in [0.15, 0.2) is 48.5 Å². The van der Waals surface area contributed by atoms with Gasteiger partial charge in [-0.05, 0) is 47.8 Å². The van der Waals surface area contributed by atoms with Crippen LogP contribution in [0.1, 0.15) is 26.9 Å². The average molecular weight is 407 g/mol. The third-order valence-corrected chi connectivity index (χ3v) is 6.80. The molecular weight excluding hydrogens is 387 g/mol.